The maximum Gasteiger partial charge on any atom is 0.249 e. The second kappa shape index (κ2) is 56.8. The van der Waals surface area contributed by atoms with Crippen molar-refractivity contribution >= 4 is 5.91 Å². The Balaban J connectivity index is 2.23. The Bertz CT molecular complexity index is 1380. The van der Waals surface area contributed by atoms with Gasteiger partial charge in [0.15, 0.2) is 6.29 Å². The lowest BCUT2D eigenvalue weighted by molar-refractivity contribution is -0.303. The molecule has 1 heterocycles. The van der Waals surface area contributed by atoms with Gasteiger partial charge in [-0.2, -0.15) is 0 Å². The van der Waals surface area contributed by atoms with E-state index in [0.29, 0.717) is 12.8 Å². The Morgan fingerprint density at radius 3 is 1.16 bits per heavy atom. The molecule has 1 aliphatic heterocycles. The van der Waals surface area contributed by atoms with Crippen molar-refractivity contribution in [1.29, 1.82) is 0 Å². The second-order valence-electron chi connectivity index (χ2n) is 23.9. The SMILES string of the molecule is CCCCCCCCCCC/C=C\C/C=C\CCCCCCCCCCCCCCCCC(O)C(=O)NC(COC1OC(CO)C(O)C(O)C1O)C(O)C(O)CCC/C=C/CCCCCCCCCCCCCCCCCCC. The summed E-state index contributed by atoms with van der Waals surface area (Å²) in [4.78, 5) is 13.2. The molecule has 79 heavy (non-hydrogen) atoms. The molecule has 11 nitrogen and oxygen atoms in total. The number of carbonyl (C=O) groups excluding carboxylic acids is 1. The monoisotopic (exact) mass is 1120 g/mol. The summed E-state index contributed by atoms with van der Waals surface area (Å²) in [5, 5.41) is 76.4. The Morgan fingerprint density at radius 2 is 0.785 bits per heavy atom. The summed E-state index contributed by atoms with van der Waals surface area (Å²) in [5.41, 5.74) is 0. The molecule has 1 aliphatic rings. The smallest absolute Gasteiger partial charge is 0.249 e. The van der Waals surface area contributed by atoms with E-state index in [-0.39, 0.29) is 12.8 Å². The van der Waals surface area contributed by atoms with E-state index in [0.717, 1.165) is 44.9 Å². The van der Waals surface area contributed by atoms with Crippen molar-refractivity contribution in [2.45, 2.75) is 377 Å². The maximum atomic E-state index is 13.2. The number of nitrogens with one attached hydrogen (secondary N) is 1. The van der Waals surface area contributed by atoms with Gasteiger partial charge in [-0.1, -0.05) is 288 Å². The van der Waals surface area contributed by atoms with Gasteiger partial charge in [0.1, 0.15) is 36.6 Å². The molecule has 0 aromatic carbocycles. The number of allylic oxidation sites excluding steroid dienone is 6. The molecule has 0 aliphatic carbocycles. The van der Waals surface area contributed by atoms with Crippen LogP contribution >= 0.6 is 0 Å². The summed E-state index contributed by atoms with van der Waals surface area (Å²) >= 11 is 0. The predicted molar refractivity (Wildman–Crippen MR) is 330 cm³/mol. The van der Waals surface area contributed by atoms with Crippen LogP contribution in [0.25, 0.3) is 0 Å². The molecule has 1 rings (SSSR count). The lowest BCUT2D eigenvalue weighted by atomic mass is 9.98. The summed E-state index contributed by atoms with van der Waals surface area (Å²) in [6.07, 6.45) is 60.8. The first-order valence-electron chi connectivity index (χ1n) is 33.9. The maximum absolute atomic E-state index is 13.2. The van der Waals surface area contributed by atoms with E-state index in [1.807, 2.05) is 0 Å². The largest absolute Gasteiger partial charge is 0.394 e. The molecule has 0 spiro atoms. The summed E-state index contributed by atoms with van der Waals surface area (Å²) in [6, 6.07) is -1.19. The van der Waals surface area contributed by atoms with Crippen LogP contribution in [0.4, 0.5) is 0 Å². The molecule has 1 amide bonds. The van der Waals surface area contributed by atoms with Crippen molar-refractivity contribution in [1.82, 2.24) is 5.32 Å². The zero-order valence-corrected chi connectivity index (χ0v) is 51.4. The zero-order chi connectivity index (χ0) is 57.5. The topological polar surface area (TPSA) is 189 Å². The van der Waals surface area contributed by atoms with Gasteiger partial charge in [-0.3, -0.25) is 4.79 Å². The fraction of sp³-hybridized carbons (Fsp3) is 0.897. The summed E-state index contributed by atoms with van der Waals surface area (Å²) in [5.74, 6) is -0.702. The van der Waals surface area contributed by atoms with Gasteiger partial charge in [0.2, 0.25) is 5.91 Å². The molecular formula is C68H129NO10. The Kier molecular flexibility index (Phi) is 54.2. The van der Waals surface area contributed by atoms with E-state index in [9.17, 15) is 40.5 Å². The summed E-state index contributed by atoms with van der Waals surface area (Å²) in [7, 11) is 0. The van der Waals surface area contributed by atoms with Crippen molar-refractivity contribution in [3.05, 3.63) is 36.5 Å². The molecule has 0 aromatic heterocycles. The average molecular weight is 1120 g/mol. The van der Waals surface area contributed by atoms with Gasteiger partial charge in [-0.25, -0.2) is 0 Å². The van der Waals surface area contributed by atoms with Crippen molar-refractivity contribution < 1.29 is 50.0 Å². The Morgan fingerprint density at radius 1 is 0.443 bits per heavy atom. The van der Waals surface area contributed by atoms with Crippen molar-refractivity contribution in [3.63, 3.8) is 0 Å². The van der Waals surface area contributed by atoms with Gasteiger partial charge >= 0.3 is 0 Å². The van der Waals surface area contributed by atoms with Crippen LogP contribution < -0.4 is 5.32 Å². The fourth-order valence-electron chi connectivity index (χ4n) is 10.9. The number of aliphatic hydroxyl groups excluding tert-OH is 7. The standard InChI is InChI=1S/C68H129NO10/c1-3-5-7-9-11-13-15-17-19-21-23-25-27-28-29-30-31-32-33-34-36-38-40-42-44-46-48-50-52-54-56-61(72)67(77)69-59(58-78-68-66(76)65(75)64(74)62(57-70)79-68)63(73)60(71)55-53-51-49-47-45-43-41-39-37-35-26-24-22-20-18-16-14-12-10-8-6-4-2/h23,25,28-29,47,49,59-66,68,70-76H,3-22,24,26-27,30-46,48,50-58H2,1-2H3,(H,69,77)/b25-23-,29-28-,49-47+. The second-order valence-corrected chi connectivity index (χ2v) is 23.9. The van der Waals surface area contributed by atoms with Crippen LogP contribution in [0.5, 0.6) is 0 Å². The first-order chi connectivity index (χ1) is 38.7. The first-order valence-corrected chi connectivity index (χ1v) is 33.9. The number of hydrogen-bond acceptors (Lipinski definition) is 10. The minimum Gasteiger partial charge on any atom is -0.394 e. The van der Waals surface area contributed by atoms with Gasteiger partial charge in [-0.05, 0) is 70.6 Å². The highest BCUT2D eigenvalue weighted by Crippen LogP contribution is 2.24. The minimum atomic E-state index is -1.67. The highest BCUT2D eigenvalue weighted by atomic mass is 16.7. The van der Waals surface area contributed by atoms with Crippen LogP contribution in [0.1, 0.15) is 322 Å². The summed E-state index contributed by atoms with van der Waals surface area (Å²) < 4.78 is 11.2. The van der Waals surface area contributed by atoms with Gasteiger partial charge < -0.3 is 50.5 Å². The van der Waals surface area contributed by atoms with Crippen LogP contribution in [0.15, 0.2) is 36.5 Å². The van der Waals surface area contributed by atoms with Crippen molar-refractivity contribution in [3.8, 4) is 0 Å². The Hall–Kier alpha value is -1.67. The summed E-state index contributed by atoms with van der Waals surface area (Å²) in [6.45, 7) is 3.49. The fourth-order valence-corrected chi connectivity index (χ4v) is 10.9. The van der Waals surface area contributed by atoms with E-state index >= 15 is 0 Å². The molecule has 9 unspecified atom stereocenters. The normalized spacial score (nSPS) is 19.5. The molecule has 0 aromatic rings. The van der Waals surface area contributed by atoms with E-state index in [2.05, 4.69) is 55.6 Å². The number of ether oxygens (including phenoxy) is 2. The van der Waals surface area contributed by atoms with Crippen LogP contribution in [0.3, 0.4) is 0 Å². The van der Waals surface area contributed by atoms with Gasteiger partial charge in [0.25, 0.3) is 0 Å². The van der Waals surface area contributed by atoms with E-state index < -0.39 is 74.2 Å². The highest BCUT2D eigenvalue weighted by molar-refractivity contribution is 5.80. The van der Waals surface area contributed by atoms with Crippen LogP contribution in [-0.2, 0) is 14.3 Å². The van der Waals surface area contributed by atoms with Gasteiger partial charge in [0.05, 0.1) is 25.4 Å². The number of amides is 1. The van der Waals surface area contributed by atoms with Gasteiger partial charge in [0, 0.05) is 0 Å². The van der Waals surface area contributed by atoms with Crippen molar-refractivity contribution in [2.24, 2.45) is 0 Å². The third-order valence-electron chi connectivity index (χ3n) is 16.4. The number of rotatable bonds is 59. The Labute approximate surface area is 486 Å². The molecule has 11 heteroatoms. The first kappa shape index (κ1) is 75.3. The van der Waals surface area contributed by atoms with E-state index in [1.165, 1.54) is 238 Å². The van der Waals surface area contributed by atoms with Gasteiger partial charge in [-0.15, -0.1) is 0 Å². The molecule has 0 radical (unpaired) electrons. The molecule has 1 saturated heterocycles. The third kappa shape index (κ3) is 44.5. The third-order valence-corrected chi connectivity index (χ3v) is 16.4. The molecule has 9 atom stereocenters. The molecule has 0 bridgehead atoms. The van der Waals surface area contributed by atoms with E-state index in [1.54, 1.807) is 0 Å². The lowest BCUT2D eigenvalue weighted by Crippen LogP contribution is -2.60. The molecule has 1 fully saturated rings. The van der Waals surface area contributed by atoms with E-state index in [4.69, 9.17) is 9.47 Å². The molecular weight excluding hydrogens is 991 g/mol. The number of hydrogen-bond donors (Lipinski definition) is 8. The number of unbranched alkanes of at least 4 members (excludes halogenated alkanes) is 41. The molecule has 0 saturated carbocycles. The van der Waals surface area contributed by atoms with Crippen LogP contribution in [0.2, 0.25) is 0 Å². The highest BCUT2D eigenvalue weighted by Gasteiger charge is 2.44. The van der Waals surface area contributed by atoms with Crippen molar-refractivity contribution in [2.75, 3.05) is 13.2 Å². The lowest BCUT2D eigenvalue weighted by Gasteiger charge is -2.40. The quantitative estimate of drug-likeness (QED) is 0.0215. The zero-order valence-electron chi connectivity index (χ0n) is 51.4. The average Bonchev–Trinajstić information content (AvgIpc) is 3.46. The predicted octanol–water partition coefficient (Wildman–Crippen LogP) is 15.8. The molecule has 466 valence electrons. The minimum absolute atomic E-state index is 0.254. The number of carbonyl (C=O) groups is 1. The number of aliphatic hydroxyl groups is 7. The van der Waals surface area contributed by atoms with Crippen LogP contribution in [0, 0.1) is 0 Å². The van der Waals surface area contributed by atoms with Crippen LogP contribution in [-0.4, -0.2) is 110 Å². The molecule has 8 N–H and O–H groups in total.